The number of amides is 2. The number of primary sulfonamides is 1. The molecule has 3 N–H and O–H groups in total. The fourth-order valence-electron chi connectivity index (χ4n) is 2.82. The van der Waals surface area contributed by atoms with E-state index in [1.54, 1.807) is 42.5 Å². The molecule has 0 aliphatic heterocycles. The van der Waals surface area contributed by atoms with Crippen molar-refractivity contribution in [1.29, 1.82) is 0 Å². The van der Waals surface area contributed by atoms with Gasteiger partial charge in [-0.2, -0.15) is 0 Å². The summed E-state index contributed by atoms with van der Waals surface area (Å²) in [5, 5.41) is 8.71. The lowest BCUT2D eigenvalue weighted by Crippen LogP contribution is -2.33. The van der Waals surface area contributed by atoms with Crippen molar-refractivity contribution in [2.45, 2.75) is 34.8 Å². The average molecular weight is 458 g/mol. The zero-order valence-corrected chi connectivity index (χ0v) is 18.9. The molecule has 0 aliphatic rings. The highest BCUT2D eigenvalue weighted by atomic mass is 32.2. The third-order valence-corrected chi connectivity index (χ3v) is 6.60. The van der Waals surface area contributed by atoms with Gasteiger partial charge < -0.3 is 10.2 Å². The molecule has 3 aromatic rings. The van der Waals surface area contributed by atoms with Crippen LogP contribution in [0.25, 0.3) is 0 Å². The van der Waals surface area contributed by atoms with Gasteiger partial charge in [-0.3, -0.25) is 0 Å². The lowest BCUT2D eigenvalue weighted by molar-refractivity contribution is 0.208. The average Bonchev–Trinajstić information content (AvgIpc) is 2.74. The van der Waals surface area contributed by atoms with Crippen LogP contribution in [0.15, 0.2) is 75.9 Å². The fraction of sp³-hybridized carbons (Fsp3) is 0.190. The maximum Gasteiger partial charge on any atom is 0.322 e. The molecule has 31 heavy (non-hydrogen) atoms. The number of sulfonamides is 1. The summed E-state index contributed by atoms with van der Waals surface area (Å²) in [6, 6.07) is 13.1. The van der Waals surface area contributed by atoms with Crippen LogP contribution < -0.4 is 10.5 Å². The second kappa shape index (κ2) is 9.46. The number of carbonyl (C=O) groups excluding carboxylic acids is 1. The Morgan fingerprint density at radius 1 is 1.13 bits per heavy atom. The normalized spacial score (nSPS) is 12.3. The molecule has 1 heterocycles. The Morgan fingerprint density at radius 3 is 2.35 bits per heavy atom. The number of hydrogen-bond acceptors (Lipinski definition) is 6. The van der Waals surface area contributed by atoms with Gasteiger partial charge in [-0.25, -0.2) is 28.3 Å². The third-order valence-electron chi connectivity index (χ3n) is 4.78. The molecule has 3 rings (SSSR count). The van der Waals surface area contributed by atoms with Gasteiger partial charge in [0.1, 0.15) is 0 Å². The zero-order chi connectivity index (χ0) is 22.6. The van der Waals surface area contributed by atoms with Crippen LogP contribution in [0.1, 0.15) is 24.1 Å². The van der Waals surface area contributed by atoms with Crippen molar-refractivity contribution in [3.8, 4) is 0 Å². The molecule has 0 saturated heterocycles. The quantitative estimate of drug-likeness (QED) is 0.544. The zero-order valence-electron chi connectivity index (χ0n) is 17.3. The van der Waals surface area contributed by atoms with Crippen LogP contribution >= 0.6 is 11.8 Å². The van der Waals surface area contributed by atoms with E-state index in [0.29, 0.717) is 10.8 Å². The first-order valence-corrected chi connectivity index (χ1v) is 11.7. The van der Waals surface area contributed by atoms with E-state index >= 15 is 0 Å². The van der Waals surface area contributed by atoms with E-state index in [4.69, 9.17) is 5.14 Å². The van der Waals surface area contributed by atoms with Crippen molar-refractivity contribution in [2.24, 2.45) is 5.14 Å². The van der Waals surface area contributed by atoms with E-state index in [-0.39, 0.29) is 17.0 Å². The van der Waals surface area contributed by atoms with Crippen molar-refractivity contribution in [3.63, 3.8) is 0 Å². The molecular weight excluding hydrogens is 434 g/mol. The van der Waals surface area contributed by atoms with Crippen LogP contribution in [0.4, 0.5) is 10.5 Å². The Kier molecular flexibility index (Phi) is 6.94. The van der Waals surface area contributed by atoms with Gasteiger partial charge in [-0.15, -0.1) is 0 Å². The number of anilines is 1. The molecule has 10 heteroatoms. The van der Waals surface area contributed by atoms with Crippen LogP contribution in [0, 0.1) is 6.92 Å². The maximum absolute atomic E-state index is 12.8. The Labute approximate surface area is 186 Å². The van der Waals surface area contributed by atoms with Crippen molar-refractivity contribution in [1.82, 2.24) is 14.9 Å². The van der Waals surface area contributed by atoms with Crippen LogP contribution in [0.5, 0.6) is 0 Å². The van der Waals surface area contributed by atoms with Crippen LogP contribution in [0.3, 0.4) is 0 Å². The molecule has 0 radical (unpaired) electrons. The second-order valence-electron chi connectivity index (χ2n) is 6.94. The molecule has 0 fully saturated rings. The topological polar surface area (TPSA) is 118 Å². The molecule has 2 aromatic carbocycles. The Bertz CT molecular complexity index is 1170. The molecule has 1 aromatic heterocycles. The molecule has 1 atom stereocenters. The molecule has 0 spiro atoms. The highest BCUT2D eigenvalue weighted by Crippen LogP contribution is 2.28. The van der Waals surface area contributed by atoms with Gasteiger partial charge >= 0.3 is 6.03 Å². The molecule has 1 unspecified atom stereocenters. The summed E-state index contributed by atoms with van der Waals surface area (Å²) in [7, 11) is -2.07. The van der Waals surface area contributed by atoms with Gasteiger partial charge in [-0.1, -0.05) is 12.1 Å². The van der Waals surface area contributed by atoms with Crippen LogP contribution in [-0.2, 0) is 10.0 Å². The molecular formula is C21H23N5O3S2. The number of nitrogens with zero attached hydrogens (tertiary/aromatic N) is 3. The minimum Gasteiger partial charge on any atom is -0.321 e. The first kappa shape index (κ1) is 22.7. The number of carbonyl (C=O) groups is 1. The Balaban J connectivity index is 1.67. The first-order valence-electron chi connectivity index (χ1n) is 9.37. The van der Waals surface area contributed by atoms with Crippen molar-refractivity contribution in [2.75, 3.05) is 12.4 Å². The summed E-state index contributed by atoms with van der Waals surface area (Å²) >= 11 is 1.44. The number of urea groups is 1. The predicted molar refractivity (Wildman–Crippen MR) is 120 cm³/mol. The highest BCUT2D eigenvalue weighted by molar-refractivity contribution is 7.99. The largest absolute Gasteiger partial charge is 0.322 e. The van der Waals surface area contributed by atoms with Crippen molar-refractivity contribution < 1.29 is 13.2 Å². The molecule has 8 nitrogen and oxygen atoms in total. The summed E-state index contributed by atoms with van der Waals surface area (Å²) < 4.78 is 22.8. The van der Waals surface area contributed by atoms with E-state index in [1.807, 2.05) is 32.0 Å². The Morgan fingerprint density at radius 2 is 1.77 bits per heavy atom. The number of nitrogens with one attached hydrogen (secondary N) is 1. The minimum absolute atomic E-state index is 0.0324. The fourth-order valence-corrected chi connectivity index (χ4v) is 4.15. The number of aromatic nitrogens is 2. The summed E-state index contributed by atoms with van der Waals surface area (Å²) in [5.41, 5.74) is 2.40. The first-order chi connectivity index (χ1) is 14.6. The van der Waals surface area contributed by atoms with E-state index in [1.165, 1.54) is 23.9 Å². The van der Waals surface area contributed by atoms with E-state index in [2.05, 4.69) is 15.3 Å². The standard InChI is InChI=1S/C21H23N5O3S2/c1-14-13-17(30-20-23-11-4-12-24-20)7-10-19(14)25-21(27)26(3)15(2)16-5-8-18(9-6-16)31(22,28)29/h4-13,15H,1-3H3,(H,25,27)(H2,22,28,29). The highest BCUT2D eigenvalue weighted by Gasteiger charge is 2.19. The molecule has 162 valence electrons. The lowest BCUT2D eigenvalue weighted by Gasteiger charge is -2.26. The maximum atomic E-state index is 12.8. The van der Waals surface area contributed by atoms with E-state index in [9.17, 15) is 13.2 Å². The predicted octanol–water partition coefficient (Wildman–Crippen LogP) is 3.81. The van der Waals surface area contributed by atoms with E-state index in [0.717, 1.165) is 16.0 Å². The van der Waals surface area contributed by atoms with Gasteiger partial charge in [0.15, 0.2) is 5.16 Å². The molecule has 0 bridgehead atoms. The smallest absolute Gasteiger partial charge is 0.321 e. The summed E-state index contributed by atoms with van der Waals surface area (Å²) in [6.45, 7) is 3.78. The second-order valence-corrected chi connectivity index (χ2v) is 9.54. The molecule has 2 amide bonds. The van der Waals surface area contributed by atoms with Gasteiger partial charge in [0, 0.05) is 30.0 Å². The van der Waals surface area contributed by atoms with Crippen molar-refractivity contribution in [3.05, 3.63) is 72.1 Å². The Hall–Kier alpha value is -2.95. The third kappa shape index (κ3) is 5.81. The molecule has 0 saturated carbocycles. The van der Waals surface area contributed by atoms with Gasteiger partial charge in [-0.05, 0) is 73.1 Å². The summed E-state index contributed by atoms with van der Waals surface area (Å²) in [5.74, 6) is 0. The van der Waals surface area contributed by atoms with Gasteiger partial charge in [0.25, 0.3) is 0 Å². The number of aryl methyl sites for hydroxylation is 1. The van der Waals surface area contributed by atoms with Crippen LogP contribution in [0.2, 0.25) is 0 Å². The van der Waals surface area contributed by atoms with Crippen molar-refractivity contribution >= 4 is 33.5 Å². The van der Waals surface area contributed by atoms with Gasteiger partial charge in [0.05, 0.1) is 10.9 Å². The number of rotatable bonds is 6. The van der Waals surface area contributed by atoms with E-state index < -0.39 is 10.0 Å². The molecule has 0 aliphatic carbocycles. The van der Waals surface area contributed by atoms with Crippen LogP contribution in [-0.4, -0.2) is 36.4 Å². The number of hydrogen-bond donors (Lipinski definition) is 2. The van der Waals surface area contributed by atoms with Gasteiger partial charge in [0.2, 0.25) is 10.0 Å². The minimum atomic E-state index is -3.75. The monoisotopic (exact) mass is 457 g/mol. The number of benzene rings is 2. The SMILES string of the molecule is Cc1cc(Sc2ncccn2)ccc1NC(=O)N(C)C(C)c1ccc(S(N)(=O)=O)cc1. The summed E-state index contributed by atoms with van der Waals surface area (Å²) in [4.78, 5) is 23.7. The number of nitrogens with two attached hydrogens (primary N) is 1. The summed E-state index contributed by atoms with van der Waals surface area (Å²) in [6.07, 6.45) is 3.38. The lowest BCUT2D eigenvalue weighted by atomic mass is 10.1.